The summed E-state index contributed by atoms with van der Waals surface area (Å²) in [7, 11) is -3.38. The molecule has 180 valence electrons. The molecule has 0 radical (unpaired) electrons. The number of aromatic nitrogens is 3. The first-order valence-electron chi connectivity index (χ1n) is 11.2. The average Bonchev–Trinajstić information content (AvgIpc) is 3.67. The zero-order valence-electron chi connectivity index (χ0n) is 18.6. The average molecular weight is 505 g/mol. The number of hydrogen-bond acceptors (Lipinski definition) is 8. The van der Waals surface area contributed by atoms with Crippen molar-refractivity contribution in [2.75, 3.05) is 17.2 Å². The fourth-order valence-corrected chi connectivity index (χ4v) is 6.54. The Balaban J connectivity index is 1.45. The Morgan fingerprint density at radius 1 is 1.38 bits per heavy atom. The van der Waals surface area contributed by atoms with Crippen LogP contribution in [0.25, 0.3) is 5.69 Å². The summed E-state index contributed by atoms with van der Waals surface area (Å²) in [6.07, 6.45) is 3.14. The summed E-state index contributed by atoms with van der Waals surface area (Å²) in [5.74, 6) is 0.960. The number of pyridine rings is 1. The van der Waals surface area contributed by atoms with Gasteiger partial charge in [0.15, 0.2) is 16.1 Å². The first kappa shape index (κ1) is 22.9. The number of nitriles is 1. The third kappa shape index (κ3) is 4.70. The number of alkyl carbamates (subject to hydrolysis) is 1. The highest BCUT2D eigenvalue weighted by Crippen LogP contribution is 2.37. The molecular formula is C22H25ClN6O4S. The number of rotatable bonds is 7. The zero-order valence-corrected chi connectivity index (χ0v) is 20.2. The quantitative estimate of drug-likeness (QED) is 0.569. The van der Waals surface area contributed by atoms with Crippen molar-refractivity contribution in [2.24, 2.45) is 5.92 Å². The maximum atomic E-state index is 13.1. The van der Waals surface area contributed by atoms with Gasteiger partial charge in [0.05, 0.1) is 28.5 Å². The summed E-state index contributed by atoms with van der Waals surface area (Å²) in [6, 6.07) is 7.31. The van der Waals surface area contributed by atoms with E-state index in [-0.39, 0.29) is 24.6 Å². The Hall–Kier alpha value is -2.84. The van der Waals surface area contributed by atoms with Crippen molar-refractivity contribution in [2.45, 2.75) is 56.0 Å². The van der Waals surface area contributed by atoms with Crippen LogP contribution in [0.15, 0.2) is 24.4 Å². The lowest BCUT2D eigenvalue weighted by Gasteiger charge is -2.27. The van der Waals surface area contributed by atoms with Crippen molar-refractivity contribution >= 4 is 33.3 Å². The number of nitrogens with one attached hydrogen (secondary N) is 1. The number of carbonyl (C=O) groups excluding carboxylic acids is 1. The van der Waals surface area contributed by atoms with Crippen LogP contribution >= 0.6 is 11.6 Å². The molecule has 3 heterocycles. The lowest BCUT2D eigenvalue weighted by atomic mass is 10.3. The first-order valence-corrected chi connectivity index (χ1v) is 13.3. The maximum Gasteiger partial charge on any atom is 0.410 e. The fraction of sp³-hybridized carbons (Fsp3) is 0.545. The number of carbonyl (C=O) groups is 1. The predicted molar refractivity (Wildman–Crippen MR) is 124 cm³/mol. The lowest BCUT2D eigenvalue weighted by molar-refractivity contribution is 0.0997. The number of sulfone groups is 1. The van der Waals surface area contributed by atoms with Crippen molar-refractivity contribution in [3.8, 4) is 11.8 Å². The summed E-state index contributed by atoms with van der Waals surface area (Å²) >= 11 is 6.08. The van der Waals surface area contributed by atoms with E-state index in [1.165, 1.54) is 0 Å². The number of halogens is 1. The Morgan fingerprint density at radius 2 is 2.15 bits per heavy atom. The molecular weight excluding hydrogens is 480 g/mol. The molecule has 1 saturated heterocycles. The maximum absolute atomic E-state index is 13.1. The van der Waals surface area contributed by atoms with Gasteiger partial charge < -0.3 is 15.0 Å². The molecule has 2 aromatic heterocycles. The highest BCUT2D eigenvalue weighted by molar-refractivity contribution is 7.92. The summed E-state index contributed by atoms with van der Waals surface area (Å²) in [4.78, 5) is 18.4. The minimum Gasteiger partial charge on any atom is -0.425 e. The predicted octanol–water partition coefficient (Wildman–Crippen LogP) is 2.74. The van der Waals surface area contributed by atoms with Crippen LogP contribution in [0.2, 0.25) is 5.15 Å². The molecule has 1 N–H and O–H groups in total. The van der Waals surface area contributed by atoms with E-state index in [0.717, 1.165) is 12.8 Å². The van der Waals surface area contributed by atoms with Crippen molar-refractivity contribution in [1.82, 2.24) is 20.1 Å². The highest BCUT2D eigenvalue weighted by Gasteiger charge is 2.48. The molecule has 34 heavy (non-hydrogen) atoms. The molecule has 0 unspecified atom stereocenters. The molecule has 2 atom stereocenters. The van der Waals surface area contributed by atoms with Crippen LogP contribution < -0.4 is 10.2 Å². The van der Waals surface area contributed by atoms with E-state index in [2.05, 4.69) is 21.5 Å². The number of ether oxygens (including phenoxy) is 1. The van der Waals surface area contributed by atoms with Gasteiger partial charge in [0.25, 0.3) is 0 Å². The van der Waals surface area contributed by atoms with Gasteiger partial charge in [0.1, 0.15) is 16.5 Å². The van der Waals surface area contributed by atoms with Crippen LogP contribution in [0.1, 0.15) is 37.8 Å². The Kier molecular flexibility index (Phi) is 5.68. The standard InChI is InChI=1S/C22H25ClN6O4S/c1-14-8-19(29(27-14)16-4-7-25-18(23)9-16)28-11-17(34(31,32)12-15-2-3-15)10-20(28)33-21(30)26-22(13-24)5-6-22/h4,7-9,15,17,20H,2-3,5-6,10-12H2,1H3,(H,26,30)/t17-,20+/m1/s1. The summed E-state index contributed by atoms with van der Waals surface area (Å²) in [5.41, 5.74) is 0.471. The second-order valence-corrected chi connectivity index (χ2v) is 12.1. The van der Waals surface area contributed by atoms with E-state index < -0.39 is 32.9 Å². The fourth-order valence-electron chi connectivity index (χ4n) is 4.27. The smallest absolute Gasteiger partial charge is 0.410 e. The summed E-state index contributed by atoms with van der Waals surface area (Å²) in [6.45, 7) is 1.99. The van der Waals surface area contributed by atoms with Crippen LogP contribution in [0, 0.1) is 24.2 Å². The SMILES string of the molecule is Cc1cc(N2C[C@H](S(=O)(=O)CC3CC3)C[C@@H]2OC(=O)NC2(C#N)CC2)n(-c2ccnc(Cl)c2)n1. The topological polar surface area (TPSA) is 130 Å². The van der Waals surface area contributed by atoms with Gasteiger partial charge in [-0.25, -0.2) is 22.9 Å². The summed E-state index contributed by atoms with van der Waals surface area (Å²) < 4.78 is 33.6. The third-order valence-corrected chi connectivity index (χ3v) is 9.00. The van der Waals surface area contributed by atoms with E-state index >= 15 is 0 Å². The van der Waals surface area contributed by atoms with Gasteiger partial charge >= 0.3 is 6.09 Å². The van der Waals surface area contributed by atoms with Crippen LogP contribution in [0.5, 0.6) is 0 Å². The van der Waals surface area contributed by atoms with Crippen LogP contribution in [0.3, 0.4) is 0 Å². The largest absolute Gasteiger partial charge is 0.425 e. The van der Waals surface area contributed by atoms with E-state index in [4.69, 9.17) is 16.3 Å². The van der Waals surface area contributed by atoms with Crippen LogP contribution in [-0.4, -0.2) is 58.6 Å². The van der Waals surface area contributed by atoms with Gasteiger partial charge in [0, 0.05) is 31.3 Å². The number of anilines is 1. The van der Waals surface area contributed by atoms with Gasteiger partial charge in [-0.3, -0.25) is 0 Å². The van der Waals surface area contributed by atoms with Crippen molar-refractivity contribution < 1.29 is 17.9 Å². The molecule has 10 nitrogen and oxygen atoms in total. The zero-order chi connectivity index (χ0) is 24.1. The van der Waals surface area contributed by atoms with Gasteiger partial charge in [-0.15, -0.1) is 0 Å². The molecule has 3 aliphatic rings. The lowest BCUT2D eigenvalue weighted by Crippen LogP contribution is -2.42. The Labute approximate surface area is 202 Å². The second kappa shape index (κ2) is 8.43. The second-order valence-electron chi connectivity index (χ2n) is 9.35. The van der Waals surface area contributed by atoms with Gasteiger partial charge in [-0.2, -0.15) is 10.4 Å². The summed E-state index contributed by atoms with van der Waals surface area (Å²) in [5, 5.41) is 16.1. The van der Waals surface area contributed by atoms with E-state index in [1.54, 1.807) is 27.9 Å². The van der Waals surface area contributed by atoms with Gasteiger partial charge in [-0.1, -0.05) is 11.6 Å². The van der Waals surface area contributed by atoms with Crippen molar-refractivity contribution in [1.29, 1.82) is 5.26 Å². The molecule has 1 aliphatic heterocycles. The van der Waals surface area contributed by atoms with Gasteiger partial charge in [0.2, 0.25) is 0 Å². The number of hydrogen-bond donors (Lipinski definition) is 1. The Morgan fingerprint density at radius 3 is 2.79 bits per heavy atom. The normalized spacial score (nSPS) is 23.4. The van der Waals surface area contributed by atoms with Crippen molar-refractivity contribution in [3.63, 3.8) is 0 Å². The molecule has 2 saturated carbocycles. The molecule has 1 amide bonds. The van der Waals surface area contributed by atoms with Gasteiger partial charge in [-0.05, 0) is 44.6 Å². The molecule has 0 bridgehead atoms. The minimum atomic E-state index is -3.38. The third-order valence-electron chi connectivity index (χ3n) is 6.50. The Bertz CT molecular complexity index is 1260. The molecule has 3 fully saturated rings. The van der Waals surface area contributed by atoms with E-state index in [1.807, 2.05) is 13.0 Å². The molecule has 2 aromatic rings. The van der Waals surface area contributed by atoms with E-state index in [0.29, 0.717) is 35.2 Å². The van der Waals surface area contributed by atoms with Crippen LogP contribution in [0.4, 0.5) is 10.6 Å². The molecule has 0 spiro atoms. The monoisotopic (exact) mass is 504 g/mol. The minimum absolute atomic E-state index is 0.142. The molecule has 5 rings (SSSR count). The first-order chi connectivity index (χ1) is 16.2. The molecule has 0 aromatic carbocycles. The van der Waals surface area contributed by atoms with E-state index in [9.17, 15) is 18.5 Å². The highest BCUT2D eigenvalue weighted by atomic mass is 35.5. The number of nitrogens with zero attached hydrogens (tertiary/aromatic N) is 5. The number of aryl methyl sites for hydroxylation is 1. The van der Waals surface area contributed by atoms with Crippen molar-refractivity contribution in [3.05, 3.63) is 35.2 Å². The molecule has 2 aliphatic carbocycles. The molecule has 12 heteroatoms. The van der Waals surface area contributed by atoms with Crippen LogP contribution in [-0.2, 0) is 14.6 Å². The number of amides is 1.